The summed E-state index contributed by atoms with van der Waals surface area (Å²) in [5, 5.41) is 0. The van der Waals surface area contributed by atoms with Gasteiger partial charge in [0.2, 0.25) is 0 Å². The molecule has 1 aliphatic rings. The first-order valence-corrected chi connectivity index (χ1v) is 8.41. The lowest BCUT2D eigenvalue weighted by molar-refractivity contribution is -0.0529. The van der Waals surface area contributed by atoms with Crippen molar-refractivity contribution in [3.8, 4) is 0 Å². The van der Waals surface area contributed by atoms with Crippen molar-refractivity contribution < 1.29 is 25.8 Å². The van der Waals surface area contributed by atoms with E-state index in [0.29, 0.717) is 12.8 Å². The molecule has 1 aliphatic carbocycles. The van der Waals surface area contributed by atoms with Crippen LogP contribution >= 0.6 is 0 Å². The van der Waals surface area contributed by atoms with E-state index in [1.807, 2.05) is 6.92 Å². The average Bonchev–Trinajstić information content (AvgIpc) is 2.67. The Kier molecular flexibility index (Phi) is 5.89. The largest absolute Gasteiger partial charge is 0.534 e. The first-order chi connectivity index (χ1) is 10.1. The fraction of sp³-hybridized carbons (Fsp3) is 0.600. The molecule has 0 amide bonds. The molecule has 0 radical (unpaired) electrons. The zero-order valence-corrected chi connectivity index (χ0v) is 13.3. The van der Waals surface area contributed by atoms with Gasteiger partial charge >= 0.3 is 15.6 Å². The Morgan fingerprint density at radius 1 is 1.41 bits per heavy atom. The molecular formula is C15H21F3O3S. The Bertz CT molecular complexity index is 549. The van der Waals surface area contributed by atoms with Gasteiger partial charge < -0.3 is 4.18 Å². The molecule has 0 aromatic carbocycles. The number of alkyl halides is 3. The fourth-order valence-corrected chi connectivity index (χ4v) is 3.25. The molecule has 2 atom stereocenters. The van der Waals surface area contributed by atoms with Crippen molar-refractivity contribution in [2.75, 3.05) is 0 Å². The predicted octanol–water partition coefficient (Wildman–Crippen LogP) is 4.70. The van der Waals surface area contributed by atoms with Crippen LogP contribution < -0.4 is 0 Å². The van der Waals surface area contributed by atoms with Crippen LogP contribution in [0.15, 0.2) is 37.1 Å². The molecule has 1 rings (SSSR count). The number of rotatable bonds is 8. The number of hydrogen-bond donors (Lipinski definition) is 0. The third kappa shape index (κ3) is 4.15. The van der Waals surface area contributed by atoms with Crippen LogP contribution in [0, 0.1) is 11.3 Å². The van der Waals surface area contributed by atoms with Gasteiger partial charge in [-0.05, 0) is 43.6 Å². The second-order valence-corrected chi connectivity index (χ2v) is 7.24. The van der Waals surface area contributed by atoms with Crippen LogP contribution in [-0.2, 0) is 14.3 Å². The van der Waals surface area contributed by atoms with Gasteiger partial charge in [0, 0.05) is 5.92 Å². The van der Waals surface area contributed by atoms with E-state index in [0.717, 1.165) is 19.3 Å². The summed E-state index contributed by atoms with van der Waals surface area (Å²) in [4.78, 5) is 0. The number of unbranched alkanes of at least 4 members (excludes halogenated alkanes) is 1. The molecule has 0 heterocycles. The molecule has 0 saturated heterocycles. The molecule has 0 aliphatic heterocycles. The molecule has 0 N–H and O–H groups in total. The van der Waals surface area contributed by atoms with Crippen molar-refractivity contribution in [1.82, 2.24) is 0 Å². The molecule has 0 aromatic heterocycles. The lowest BCUT2D eigenvalue weighted by Crippen LogP contribution is -2.29. The smallest absolute Gasteiger partial charge is 0.381 e. The van der Waals surface area contributed by atoms with Gasteiger partial charge in [0.15, 0.2) is 0 Å². The second kappa shape index (κ2) is 6.89. The maximum atomic E-state index is 12.5. The minimum atomic E-state index is -5.63. The molecule has 126 valence electrons. The van der Waals surface area contributed by atoms with Gasteiger partial charge in [-0.1, -0.05) is 19.1 Å². The highest BCUT2D eigenvalue weighted by Crippen LogP contribution is 2.49. The van der Waals surface area contributed by atoms with Crippen molar-refractivity contribution in [3.05, 3.63) is 37.1 Å². The monoisotopic (exact) mass is 338 g/mol. The molecule has 2 unspecified atom stereocenters. The van der Waals surface area contributed by atoms with Crippen molar-refractivity contribution in [3.63, 3.8) is 0 Å². The maximum Gasteiger partial charge on any atom is 0.534 e. The van der Waals surface area contributed by atoms with Gasteiger partial charge in [0.05, 0.1) is 0 Å². The normalized spacial score (nSPS) is 25.6. The Morgan fingerprint density at radius 3 is 2.55 bits per heavy atom. The van der Waals surface area contributed by atoms with Gasteiger partial charge in [-0.3, -0.25) is 0 Å². The van der Waals surface area contributed by atoms with Crippen LogP contribution in [-0.4, -0.2) is 13.9 Å². The predicted molar refractivity (Wildman–Crippen MR) is 79.2 cm³/mol. The van der Waals surface area contributed by atoms with Gasteiger partial charge in [0.1, 0.15) is 5.76 Å². The van der Waals surface area contributed by atoms with E-state index in [-0.39, 0.29) is 11.2 Å². The SMILES string of the molecule is C=CCCCC1(C)CC=C(OS(=O)(=O)C(F)(F)F)C1CC=C. The van der Waals surface area contributed by atoms with Crippen molar-refractivity contribution in [2.45, 2.75) is 44.5 Å². The van der Waals surface area contributed by atoms with Crippen LogP contribution in [0.1, 0.15) is 39.0 Å². The minimum absolute atomic E-state index is 0.127. The molecule has 0 saturated carbocycles. The Balaban J connectivity index is 2.93. The van der Waals surface area contributed by atoms with Crippen LogP contribution in [0.4, 0.5) is 13.2 Å². The lowest BCUT2D eigenvalue weighted by Gasteiger charge is -2.32. The van der Waals surface area contributed by atoms with Gasteiger partial charge in [-0.25, -0.2) is 0 Å². The summed E-state index contributed by atoms with van der Waals surface area (Å²) in [6.45, 7) is 9.16. The van der Waals surface area contributed by atoms with E-state index in [1.165, 1.54) is 6.08 Å². The molecule has 3 nitrogen and oxygen atoms in total. The summed E-state index contributed by atoms with van der Waals surface area (Å²) in [6.07, 6.45) is 8.01. The summed E-state index contributed by atoms with van der Waals surface area (Å²) in [6, 6.07) is 0. The van der Waals surface area contributed by atoms with Crippen molar-refractivity contribution in [2.24, 2.45) is 11.3 Å². The lowest BCUT2D eigenvalue weighted by atomic mass is 9.73. The van der Waals surface area contributed by atoms with E-state index in [9.17, 15) is 21.6 Å². The van der Waals surface area contributed by atoms with E-state index in [2.05, 4.69) is 17.3 Å². The summed E-state index contributed by atoms with van der Waals surface area (Å²) in [5.41, 5.74) is -5.76. The highest BCUT2D eigenvalue weighted by Gasteiger charge is 2.51. The van der Waals surface area contributed by atoms with Crippen LogP contribution in [0.5, 0.6) is 0 Å². The van der Waals surface area contributed by atoms with E-state index < -0.39 is 21.5 Å². The standard InChI is InChI=1S/C15H21F3O3S/c1-4-6-7-10-14(3)11-9-13(12(14)8-5-2)21-22(19,20)15(16,17)18/h4-5,9,12H,1-2,6-8,10-11H2,3H3. The van der Waals surface area contributed by atoms with E-state index in [1.54, 1.807) is 12.2 Å². The quantitative estimate of drug-likeness (QED) is 0.279. The summed E-state index contributed by atoms with van der Waals surface area (Å²) in [7, 11) is -5.63. The highest BCUT2D eigenvalue weighted by molar-refractivity contribution is 7.87. The number of halogens is 3. The molecule has 0 aromatic rings. The van der Waals surface area contributed by atoms with Crippen LogP contribution in [0.3, 0.4) is 0 Å². The average molecular weight is 338 g/mol. The minimum Gasteiger partial charge on any atom is -0.381 e. The maximum absolute atomic E-state index is 12.5. The first kappa shape index (κ1) is 18.8. The fourth-order valence-electron chi connectivity index (χ4n) is 2.72. The van der Waals surface area contributed by atoms with Gasteiger partial charge in [-0.15, -0.1) is 13.2 Å². The molecule has 0 bridgehead atoms. The van der Waals surface area contributed by atoms with Crippen LogP contribution in [0.2, 0.25) is 0 Å². The zero-order chi connectivity index (χ0) is 17.0. The molecule has 22 heavy (non-hydrogen) atoms. The van der Waals surface area contributed by atoms with Crippen molar-refractivity contribution >= 4 is 10.1 Å². The molecule has 0 spiro atoms. The third-order valence-corrected chi connectivity index (χ3v) is 4.98. The second-order valence-electron chi connectivity index (χ2n) is 5.71. The molecular weight excluding hydrogens is 317 g/mol. The molecule has 7 heteroatoms. The summed E-state index contributed by atoms with van der Waals surface area (Å²) < 4.78 is 64.2. The number of hydrogen-bond acceptors (Lipinski definition) is 3. The Labute approximate surface area is 129 Å². The third-order valence-electron chi connectivity index (χ3n) is 4.00. The van der Waals surface area contributed by atoms with Crippen LogP contribution in [0.25, 0.3) is 0 Å². The number of allylic oxidation sites excluding steroid dienone is 4. The zero-order valence-electron chi connectivity index (χ0n) is 12.5. The van der Waals surface area contributed by atoms with Gasteiger partial charge in [0.25, 0.3) is 0 Å². The van der Waals surface area contributed by atoms with Crippen molar-refractivity contribution in [1.29, 1.82) is 0 Å². The van der Waals surface area contributed by atoms with E-state index in [4.69, 9.17) is 0 Å². The Morgan fingerprint density at radius 2 is 2.05 bits per heavy atom. The topological polar surface area (TPSA) is 43.4 Å². The highest BCUT2D eigenvalue weighted by atomic mass is 32.2. The summed E-state index contributed by atoms with van der Waals surface area (Å²) >= 11 is 0. The Hall–Kier alpha value is -1.24. The summed E-state index contributed by atoms with van der Waals surface area (Å²) in [5.74, 6) is -0.551. The van der Waals surface area contributed by atoms with E-state index >= 15 is 0 Å². The van der Waals surface area contributed by atoms with Gasteiger partial charge in [-0.2, -0.15) is 21.6 Å². The molecule has 0 fully saturated rings. The first-order valence-electron chi connectivity index (χ1n) is 7.00.